The van der Waals surface area contributed by atoms with E-state index < -0.39 is 0 Å². The number of halogens is 1. The molecular formula is C24H21FN4O2. The highest BCUT2D eigenvalue weighted by molar-refractivity contribution is 5.98. The van der Waals surface area contributed by atoms with Crippen molar-refractivity contribution in [3.05, 3.63) is 102 Å². The molecular weight excluding hydrogens is 395 g/mol. The van der Waals surface area contributed by atoms with Crippen molar-refractivity contribution in [1.29, 1.82) is 0 Å². The smallest absolute Gasteiger partial charge is 0.256 e. The van der Waals surface area contributed by atoms with Gasteiger partial charge in [0.25, 0.3) is 5.91 Å². The number of carbonyl (C=O) groups is 1. The van der Waals surface area contributed by atoms with E-state index in [0.29, 0.717) is 35.1 Å². The Balaban J connectivity index is 1.65. The number of rotatable bonds is 7. The van der Waals surface area contributed by atoms with Gasteiger partial charge in [-0.2, -0.15) is 0 Å². The summed E-state index contributed by atoms with van der Waals surface area (Å²) in [6.07, 6.45) is 3.06. The van der Waals surface area contributed by atoms with Crippen LogP contribution < -0.4 is 10.2 Å². The van der Waals surface area contributed by atoms with E-state index in [0.717, 1.165) is 5.56 Å². The minimum atomic E-state index is -0.334. The molecule has 0 atom stereocenters. The van der Waals surface area contributed by atoms with Crippen molar-refractivity contribution in [2.24, 2.45) is 0 Å². The van der Waals surface area contributed by atoms with Crippen molar-refractivity contribution in [3.63, 3.8) is 0 Å². The Hall–Kier alpha value is -4.00. The summed E-state index contributed by atoms with van der Waals surface area (Å²) in [6, 6.07) is 19.4. The predicted octanol–water partition coefficient (Wildman–Crippen LogP) is 4.44. The van der Waals surface area contributed by atoms with Gasteiger partial charge >= 0.3 is 0 Å². The maximum Gasteiger partial charge on any atom is 0.256 e. The van der Waals surface area contributed by atoms with Crippen molar-refractivity contribution in [2.75, 3.05) is 11.9 Å². The first-order chi connectivity index (χ1) is 15.1. The highest BCUT2D eigenvalue weighted by atomic mass is 19.1. The first-order valence-electron chi connectivity index (χ1n) is 9.79. The van der Waals surface area contributed by atoms with Crippen LogP contribution in [-0.2, 0) is 13.1 Å². The van der Waals surface area contributed by atoms with E-state index in [1.807, 2.05) is 42.3 Å². The molecule has 31 heavy (non-hydrogen) atoms. The highest BCUT2D eigenvalue weighted by Gasteiger charge is 2.19. The number of hydrogen-bond donors (Lipinski definition) is 1. The van der Waals surface area contributed by atoms with E-state index in [9.17, 15) is 9.18 Å². The first kappa shape index (κ1) is 20.3. The normalized spacial score (nSPS) is 10.6. The molecule has 4 aromatic rings. The van der Waals surface area contributed by atoms with Crippen LogP contribution in [0.3, 0.4) is 0 Å². The monoisotopic (exact) mass is 416 g/mol. The second kappa shape index (κ2) is 9.21. The Bertz CT molecular complexity index is 1150. The molecule has 0 aliphatic heterocycles. The van der Waals surface area contributed by atoms with Gasteiger partial charge in [-0.05, 0) is 42.0 Å². The van der Waals surface area contributed by atoms with Gasteiger partial charge in [-0.25, -0.2) is 14.4 Å². The maximum atomic E-state index is 13.3. The fraction of sp³-hybridized carbons (Fsp3) is 0.125. The lowest BCUT2D eigenvalue weighted by Crippen LogP contribution is -2.27. The Morgan fingerprint density at radius 2 is 1.84 bits per heavy atom. The van der Waals surface area contributed by atoms with Gasteiger partial charge in [0.2, 0.25) is 0 Å². The topological polar surface area (TPSA) is 71.3 Å². The molecule has 0 saturated carbocycles. The second-order valence-electron chi connectivity index (χ2n) is 7.04. The molecule has 0 radical (unpaired) electrons. The molecule has 156 valence electrons. The number of amides is 1. The molecule has 6 nitrogen and oxygen atoms in total. The van der Waals surface area contributed by atoms with E-state index in [-0.39, 0.29) is 18.3 Å². The maximum absolute atomic E-state index is 13.3. The van der Waals surface area contributed by atoms with Gasteiger partial charge in [0.05, 0.1) is 12.8 Å². The van der Waals surface area contributed by atoms with Gasteiger partial charge in [-0.15, -0.1) is 0 Å². The molecule has 2 aromatic carbocycles. The number of benzene rings is 2. The Morgan fingerprint density at radius 3 is 2.55 bits per heavy atom. The fourth-order valence-corrected chi connectivity index (χ4v) is 3.17. The van der Waals surface area contributed by atoms with Gasteiger partial charge in [-0.3, -0.25) is 4.79 Å². The van der Waals surface area contributed by atoms with E-state index in [1.165, 1.54) is 18.3 Å². The standard InChI is InChI=1S/C24H21FN4O2/c1-29(16-17-6-3-2-4-7-17)23-21(24(30)27-14-20-8-5-13-31-20)15-26-22(28-23)18-9-11-19(25)12-10-18/h2-13,15H,14,16H2,1H3,(H,27,30). The SMILES string of the molecule is CN(Cc1ccccc1)c1nc(-c2ccc(F)cc2)ncc1C(=O)NCc1ccco1. The molecule has 0 unspecified atom stereocenters. The summed E-state index contributed by atoms with van der Waals surface area (Å²) in [4.78, 5) is 23.8. The van der Waals surface area contributed by atoms with Gasteiger partial charge in [0.1, 0.15) is 23.0 Å². The number of nitrogens with one attached hydrogen (secondary N) is 1. The summed E-state index contributed by atoms with van der Waals surface area (Å²) in [6.45, 7) is 0.812. The van der Waals surface area contributed by atoms with E-state index in [1.54, 1.807) is 30.5 Å². The molecule has 0 fully saturated rings. The third-order valence-electron chi connectivity index (χ3n) is 4.74. The zero-order chi connectivity index (χ0) is 21.6. The minimum absolute atomic E-state index is 0.257. The molecule has 1 N–H and O–H groups in total. The summed E-state index contributed by atoms with van der Waals surface area (Å²) < 4.78 is 18.6. The van der Waals surface area contributed by atoms with Crippen molar-refractivity contribution >= 4 is 11.7 Å². The molecule has 7 heteroatoms. The number of carbonyl (C=O) groups excluding carboxylic acids is 1. The average Bonchev–Trinajstić information content (AvgIpc) is 3.32. The minimum Gasteiger partial charge on any atom is -0.467 e. The molecule has 2 heterocycles. The molecule has 0 spiro atoms. The number of anilines is 1. The highest BCUT2D eigenvalue weighted by Crippen LogP contribution is 2.23. The zero-order valence-corrected chi connectivity index (χ0v) is 17.0. The molecule has 0 aliphatic rings. The molecule has 4 rings (SSSR count). The largest absolute Gasteiger partial charge is 0.467 e. The molecule has 0 bridgehead atoms. The fourth-order valence-electron chi connectivity index (χ4n) is 3.17. The van der Waals surface area contributed by atoms with Crippen LogP contribution in [0.1, 0.15) is 21.7 Å². The number of hydrogen-bond acceptors (Lipinski definition) is 5. The summed E-state index contributed by atoms with van der Waals surface area (Å²) in [5.74, 6) is 0.903. The van der Waals surface area contributed by atoms with Crippen LogP contribution in [-0.4, -0.2) is 22.9 Å². The summed E-state index contributed by atoms with van der Waals surface area (Å²) in [7, 11) is 1.87. The summed E-state index contributed by atoms with van der Waals surface area (Å²) in [5.41, 5.74) is 2.09. The van der Waals surface area contributed by atoms with Gasteiger partial charge in [-0.1, -0.05) is 30.3 Å². The van der Waals surface area contributed by atoms with E-state index in [2.05, 4.69) is 15.3 Å². The predicted molar refractivity (Wildman–Crippen MR) is 116 cm³/mol. The zero-order valence-electron chi connectivity index (χ0n) is 17.0. The van der Waals surface area contributed by atoms with Crippen LogP contribution in [0.5, 0.6) is 0 Å². The van der Waals surface area contributed by atoms with Crippen molar-refractivity contribution in [1.82, 2.24) is 15.3 Å². The van der Waals surface area contributed by atoms with Gasteiger partial charge in [0, 0.05) is 25.4 Å². The molecule has 1 amide bonds. The Morgan fingerprint density at radius 1 is 1.06 bits per heavy atom. The second-order valence-corrected chi connectivity index (χ2v) is 7.04. The Kier molecular flexibility index (Phi) is 6.03. The molecule has 0 saturated heterocycles. The van der Waals surface area contributed by atoms with Crippen molar-refractivity contribution in [2.45, 2.75) is 13.1 Å². The van der Waals surface area contributed by atoms with E-state index >= 15 is 0 Å². The number of furan rings is 1. The lowest BCUT2D eigenvalue weighted by Gasteiger charge is -2.21. The summed E-state index contributed by atoms with van der Waals surface area (Å²) >= 11 is 0. The van der Waals surface area contributed by atoms with Crippen molar-refractivity contribution in [3.8, 4) is 11.4 Å². The number of aromatic nitrogens is 2. The van der Waals surface area contributed by atoms with Crippen LogP contribution in [0.2, 0.25) is 0 Å². The quantitative estimate of drug-likeness (QED) is 0.482. The third-order valence-corrected chi connectivity index (χ3v) is 4.74. The molecule has 2 aromatic heterocycles. The van der Waals surface area contributed by atoms with Crippen LogP contribution in [0.15, 0.2) is 83.6 Å². The molecule has 0 aliphatic carbocycles. The van der Waals surface area contributed by atoms with Crippen LogP contribution in [0.25, 0.3) is 11.4 Å². The number of nitrogens with zero attached hydrogens (tertiary/aromatic N) is 3. The average molecular weight is 416 g/mol. The lowest BCUT2D eigenvalue weighted by atomic mass is 10.1. The summed E-state index contributed by atoms with van der Waals surface area (Å²) in [5, 5.41) is 2.84. The van der Waals surface area contributed by atoms with Crippen LogP contribution in [0.4, 0.5) is 10.2 Å². The van der Waals surface area contributed by atoms with Crippen molar-refractivity contribution < 1.29 is 13.6 Å². The van der Waals surface area contributed by atoms with Crippen LogP contribution >= 0.6 is 0 Å². The van der Waals surface area contributed by atoms with Gasteiger partial charge in [0.15, 0.2) is 5.82 Å². The third kappa shape index (κ3) is 4.95. The van der Waals surface area contributed by atoms with Gasteiger partial charge < -0.3 is 14.6 Å². The first-order valence-corrected chi connectivity index (χ1v) is 9.79. The van der Waals surface area contributed by atoms with E-state index in [4.69, 9.17) is 4.42 Å². The van der Waals surface area contributed by atoms with Crippen LogP contribution in [0, 0.1) is 5.82 Å². The Labute approximate surface area is 179 Å². The lowest BCUT2D eigenvalue weighted by molar-refractivity contribution is 0.0948.